The summed E-state index contributed by atoms with van der Waals surface area (Å²) in [4.78, 5) is 28.2. The van der Waals surface area contributed by atoms with Crippen LogP contribution in [-0.4, -0.2) is 30.1 Å². The molecule has 1 heterocycles. The molecule has 0 radical (unpaired) electrons. The van der Waals surface area contributed by atoms with Crippen molar-refractivity contribution in [3.05, 3.63) is 57.7 Å². The summed E-state index contributed by atoms with van der Waals surface area (Å²) >= 11 is 12.0. The molecule has 0 saturated carbocycles. The monoisotopic (exact) mass is 396 g/mol. The van der Waals surface area contributed by atoms with Crippen molar-refractivity contribution in [3.63, 3.8) is 0 Å². The molecule has 6 nitrogen and oxygen atoms in total. The number of hydrogen-bond acceptors (Lipinski definition) is 5. The number of carbonyl (C=O) groups is 2. The van der Waals surface area contributed by atoms with Gasteiger partial charge < -0.3 is 14.8 Å². The minimum absolute atomic E-state index is 0.163. The van der Waals surface area contributed by atoms with Gasteiger partial charge in [-0.15, -0.1) is 0 Å². The molecule has 0 aliphatic rings. The first-order valence-electron chi connectivity index (χ1n) is 7.91. The van der Waals surface area contributed by atoms with Crippen molar-refractivity contribution in [1.82, 2.24) is 10.3 Å². The second kappa shape index (κ2) is 9.40. The van der Waals surface area contributed by atoms with Crippen molar-refractivity contribution >= 4 is 35.1 Å². The van der Waals surface area contributed by atoms with Gasteiger partial charge in [0.1, 0.15) is 5.56 Å². The van der Waals surface area contributed by atoms with Crippen LogP contribution in [0.3, 0.4) is 0 Å². The van der Waals surface area contributed by atoms with Crippen LogP contribution in [0, 0.1) is 0 Å². The molecule has 1 atom stereocenters. The van der Waals surface area contributed by atoms with Crippen LogP contribution in [0.5, 0.6) is 5.88 Å². The highest BCUT2D eigenvalue weighted by Crippen LogP contribution is 2.26. The zero-order valence-corrected chi connectivity index (χ0v) is 15.8. The fourth-order valence-electron chi connectivity index (χ4n) is 2.22. The van der Waals surface area contributed by atoms with Crippen molar-refractivity contribution in [2.75, 3.05) is 13.2 Å². The number of halogens is 2. The van der Waals surface area contributed by atoms with Crippen molar-refractivity contribution in [2.45, 2.75) is 19.9 Å². The van der Waals surface area contributed by atoms with Crippen LogP contribution in [0.15, 0.2) is 36.5 Å². The number of carbonyl (C=O) groups excluding carboxylic acids is 2. The van der Waals surface area contributed by atoms with Gasteiger partial charge in [0.2, 0.25) is 5.88 Å². The van der Waals surface area contributed by atoms with Crippen molar-refractivity contribution < 1.29 is 19.1 Å². The van der Waals surface area contributed by atoms with E-state index in [1.54, 1.807) is 38.1 Å². The van der Waals surface area contributed by atoms with Crippen molar-refractivity contribution in [3.8, 4) is 5.88 Å². The SMILES string of the molecule is CCOc1ncccc1C(=O)OCC(=O)NC(C)c1ccc(Cl)cc1Cl. The third kappa shape index (κ3) is 5.34. The van der Waals surface area contributed by atoms with Crippen molar-refractivity contribution in [2.24, 2.45) is 0 Å². The van der Waals surface area contributed by atoms with Crippen LogP contribution in [0.4, 0.5) is 0 Å². The van der Waals surface area contributed by atoms with Gasteiger partial charge >= 0.3 is 5.97 Å². The molecule has 0 fully saturated rings. The first-order valence-corrected chi connectivity index (χ1v) is 8.67. The first-order chi connectivity index (χ1) is 12.4. The smallest absolute Gasteiger partial charge is 0.344 e. The molecule has 1 N–H and O–H groups in total. The third-order valence-corrected chi connectivity index (χ3v) is 3.98. The summed E-state index contributed by atoms with van der Waals surface area (Å²) in [5.74, 6) is -0.977. The second-order valence-electron chi connectivity index (χ2n) is 5.32. The van der Waals surface area contributed by atoms with Crippen LogP contribution >= 0.6 is 23.2 Å². The second-order valence-corrected chi connectivity index (χ2v) is 6.16. The predicted octanol–water partition coefficient (Wildman–Crippen LogP) is 3.82. The van der Waals surface area contributed by atoms with Gasteiger partial charge in [0.05, 0.1) is 12.6 Å². The summed E-state index contributed by atoms with van der Waals surface area (Å²) in [6.45, 7) is 3.47. The lowest BCUT2D eigenvalue weighted by molar-refractivity contribution is -0.124. The Hall–Kier alpha value is -2.31. The highest BCUT2D eigenvalue weighted by Gasteiger charge is 2.18. The number of nitrogens with zero attached hydrogens (tertiary/aromatic N) is 1. The largest absolute Gasteiger partial charge is 0.477 e. The molecule has 0 saturated heterocycles. The van der Waals surface area contributed by atoms with E-state index in [0.717, 1.165) is 0 Å². The van der Waals surface area contributed by atoms with E-state index in [1.807, 2.05) is 0 Å². The molecule has 1 aromatic carbocycles. The molecule has 2 rings (SSSR count). The van der Waals surface area contributed by atoms with Gasteiger partial charge in [0.15, 0.2) is 6.61 Å². The number of esters is 1. The van der Waals surface area contributed by atoms with E-state index in [9.17, 15) is 9.59 Å². The van der Waals surface area contributed by atoms with Crippen LogP contribution in [-0.2, 0) is 9.53 Å². The maximum atomic E-state index is 12.1. The Bertz CT molecular complexity index is 799. The maximum absolute atomic E-state index is 12.1. The number of ether oxygens (including phenoxy) is 2. The van der Waals surface area contributed by atoms with Crippen LogP contribution in [0.1, 0.15) is 35.8 Å². The average molecular weight is 397 g/mol. The Morgan fingerprint density at radius 2 is 2.04 bits per heavy atom. The zero-order valence-electron chi connectivity index (χ0n) is 14.3. The molecule has 1 unspecified atom stereocenters. The van der Waals surface area contributed by atoms with Gasteiger partial charge in [-0.3, -0.25) is 4.79 Å². The summed E-state index contributed by atoms with van der Waals surface area (Å²) in [6, 6.07) is 7.74. The molecule has 1 amide bonds. The highest BCUT2D eigenvalue weighted by atomic mass is 35.5. The standard InChI is InChI=1S/C18H18Cl2N2O4/c1-3-25-17-14(5-4-8-21-17)18(24)26-10-16(23)22-11(2)13-7-6-12(19)9-15(13)20/h4-9,11H,3,10H2,1-2H3,(H,22,23). The number of hydrogen-bond donors (Lipinski definition) is 1. The number of benzene rings is 1. The van der Waals surface area contributed by atoms with E-state index >= 15 is 0 Å². The van der Waals surface area contributed by atoms with Gasteiger partial charge in [0.25, 0.3) is 5.91 Å². The summed E-state index contributed by atoms with van der Waals surface area (Å²) in [5, 5.41) is 3.66. The van der Waals surface area contributed by atoms with E-state index in [4.69, 9.17) is 32.7 Å². The van der Waals surface area contributed by atoms with E-state index in [1.165, 1.54) is 12.3 Å². The number of nitrogens with one attached hydrogen (secondary N) is 1. The number of amides is 1. The minimum Gasteiger partial charge on any atom is -0.477 e. The summed E-state index contributed by atoms with van der Waals surface area (Å²) in [7, 11) is 0. The molecule has 1 aromatic heterocycles. The van der Waals surface area contributed by atoms with Crippen LogP contribution < -0.4 is 10.1 Å². The fraction of sp³-hybridized carbons (Fsp3) is 0.278. The Morgan fingerprint density at radius 3 is 2.73 bits per heavy atom. The van der Waals surface area contributed by atoms with Gasteiger partial charge in [-0.05, 0) is 43.7 Å². The molecule has 26 heavy (non-hydrogen) atoms. The zero-order chi connectivity index (χ0) is 19.1. The summed E-state index contributed by atoms with van der Waals surface area (Å²) in [6.07, 6.45) is 1.51. The molecule has 0 aliphatic carbocycles. The number of rotatable bonds is 7. The molecular weight excluding hydrogens is 379 g/mol. The minimum atomic E-state index is -0.686. The lowest BCUT2D eigenvalue weighted by Gasteiger charge is -2.16. The normalized spacial score (nSPS) is 11.5. The van der Waals surface area contributed by atoms with E-state index < -0.39 is 18.5 Å². The lowest BCUT2D eigenvalue weighted by Crippen LogP contribution is -2.31. The van der Waals surface area contributed by atoms with Crippen LogP contribution in [0.2, 0.25) is 10.0 Å². The predicted molar refractivity (Wildman–Crippen MR) is 98.7 cm³/mol. The quantitative estimate of drug-likeness (QED) is 0.719. The fourth-order valence-corrected chi connectivity index (χ4v) is 2.79. The molecule has 0 spiro atoms. The Morgan fingerprint density at radius 1 is 1.27 bits per heavy atom. The van der Waals surface area contributed by atoms with E-state index in [2.05, 4.69) is 10.3 Å². The highest BCUT2D eigenvalue weighted by molar-refractivity contribution is 6.35. The van der Waals surface area contributed by atoms with E-state index in [0.29, 0.717) is 22.2 Å². The Labute approximate surface area is 161 Å². The van der Waals surface area contributed by atoms with Gasteiger partial charge in [0, 0.05) is 16.2 Å². The van der Waals surface area contributed by atoms with Crippen molar-refractivity contribution in [1.29, 1.82) is 0 Å². The molecule has 0 aliphatic heterocycles. The molecule has 2 aromatic rings. The Kier molecular flexibility index (Phi) is 7.24. The molecule has 8 heteroatoms. The number of aromatic nitrogens is 1. The van der Waals surface area contributed by atoms with Gasteiger partial charge in [-0.25, -0.2) is 9.78 Å². The summed E-state index contributed by atoms with van der Waals surface area (Å²) < 4.78 is 10.3. The number of pyridine rings is 1. The lowest BCUT2D eigenvalue weighted by atomic mass is 10.1. The molecular formula is C18H18Cl2N2O4. The first kappa shape index (κ1) is 20.0. The third-order valence-electron chi connectivity index (χ3n) is 3.41. The maximum Gasteiger partial charge on any atom is 0.344 e. The Balaban J connectivity index is 1.93. The van der Waals surface area contributed by atoms with Gasteiger partial charge in [-0.1, -0.05) is 29.3 Å². The average Bonchev–Trinajstić information content (AvgIpc) is 2.60. The topological polar surface area (TPSA) is 77.5 Å². The van der Waals surface area contributed by atoms with Gasteiger partial charge in [-0.2, -0.15) is 0 Å². The summed E-state index contributed by atoms with van der Waals surface area (Å²) in [5.41, 5.74) is 0.873. The molecule has 138 valence electrons. The van der Waals surface area contributed by atoms with Crippen LogP contribution in [0.25, 0.3) is 0 Å². The molecule has 0 bridgehead atoms. The van der Waals surface area contributed by atoms with E-state index in [-0.39, 0.29) is 17.5 Å².